The van der Waals surface area contributed by atoms with E-state index in [1.54, 1.807) is 0 Å². The van der Waals surface area contributed by atoms with E-state index in [-0.39, 0.29) is 0 Å². The van der Waals surface area contributed by atoms with E-state index < -0.39 is 80.8 Å². The summed E-state index contributed by atoms with van der Waals surface area (Å²) in [5.41, 5.74) is 0. The van der Waals surface area contributed by atoms with Crippen LogP contribution in [0.2, 0.25) is 0 Å². The summed E-state index contributed by atoms with van der Waals surface area (Å²) in [6.07, 6.45) is 42.9. The molecule has 0 heterocycles. The zero-order valence-corrected chi connectivity index (χ0v) is 70.2. The molecule has 0 atom stereocenters. The second-order valence-electron chi connectivity index (χ2n) is 25.8. The summed E-state index contributed by atoms with van der Waals surface area (Å²) in [6, 6.07) is 50.0. The molecule has 6 rings (SSSR count). The molecular formula is C84H126I3O10Sb. The maximum absolute atomic E-state index is 17.5. The molecule has 0 aliphatic heterocycles. The Morgan fingerprint density at radius 1 is 0.204 bits per heavy atom. The molecule has 0 bridgehead atoms. The number of ether oxygens (including phenoxy) is 6. The van der Waals surface area contributed by atoms with Crippen LogP contribution in [0.3, 0.4) is 0 Å². The topological polar surface area (TPSA) is 100 Å². The van der Waals surface area contributed by atoms with Gasteiger partial charge in [0.15, 0.2) is 0 Å². The van der Waals surface area contributed by atoms with Crippen molar-refractivity contribution >= 4 is 80.8 Å². The number of halogens is 3. The molecule has 0 amide bonds. The second-order valence-corrected chi connectivity index (χ2v) is 49.2. The van der Waals surface area contributed by atoms with E-state index in [9.17, 15) is 0 Å². The van der Waals surface area contributed by atoms with Gasteiger partial charge in [0.25, 0.3) is 0 Å². The zero-order valence-electron chi connectivity index (χ0n) is 61.2. The van der Waals surface area contributed by atoms with Crippen molar-refractivity contribution < 1.29 is 35.5 Å². The van der Waals surface area contributed by atoms with Gasteiger partial charge in [0.2, 0.25) is 0 Å². The van der Waals surface area contributed by atoms with Crippen molar-refractivity contribution in [1.29, 1.82) is 0 Å². The third-order valence-corrected chi connectivity index (χ3v) is 48.5. The Morgan fingerprint density at radius 3 is 0.480 bits per heavy atom. The predicted octanol–water partition coefficient (Wildman–Crippen LogP) is 26.8. The van der Waals surface area contributed by atoms with E-state index in [2.05, 4.69) is 187 Å². The van der Waals surface area contributed by atoms with E-state index in [0.29, 0.717) is 39.6 Å². The fraction of sp³-hybridized carbons (Fsp3) is 0.571. The maximum atomic E-state index is 17.5. The number of hydrogen-bond acceptors (Lipinski definition) is 10. The summed E-state index contributed by atoms with van der Waals surface area (Å²) >= 11 is -15.8. The Hall–Kier alpha value is -3.19. The van der Waals surface area contributed by atoms with Gasteiger partial charge in [-0.25, -0.2) is 0 Å². The molecule has 0 saturated heterocycles. The van der Waals surface area contributed by atoms with E-state index in [1.165, 1.54) is 154 Å². The third-order valence-electron chi connectivity index (χ3n) is 17.1. The fourth-order valence-corrected chi connectivity index (χ4v) is 50.7. The summed E-state index contributed by atoms with van der Waals surface area (Å²) in [6.45, 7) is 17.5. The fourth-order valence-electron chi connectivity index (χ4n) is 11.2. The van der Waals surface area contributed by atoms with Gasteiger partial charge in [-0.2, -0.15) is 0 Å². The van der Waals surface area contributed by atoms with Gasteiger partial charge >= 0.3 is 589 Å². The van der Waals surface area contributed by atoms with E-state index in [4.69, 9.17) is 32.5 Å². The van der Waals surface area contributed by atoms with Crippen LogP contribution in [0.25, 0.3) is 0 Å². The van der Waals surface area contributed by atoms with Crippen molar-refractivity contribution in [2.75, 3.05) is 39.6 Å². The predicted molar refractivity (Wildman–Crippen MR) is 436 cm³/mol. The molecule has 10 nitrogen and oxygen atoms in total. The van der Waals surface area contributed by atoms with E-state index >= 15 is 3.02 Å². The SMILES string of the molecule is CCCCCCCCOc1ccc(I([O][Sb](=[O])([O]I(c2ccc(OCCCCCCCC)cc2)c2ccc(OCCCCCCCC)cc2)[O]I(c2ccc(OCCCCCCCC)cc2)c2ccc(OCCCCCCCC)cc2)c2ccc(OCCCCCCCC)cc2)cc1. The van der Waals surface area contributed by atoms with Crippen LogP contribution in [-0.2, 0) is 7.05 Å². The van der Waals surface area contributed by atoms with Gasteiger partial charge in [0.1, 0.15) is 0 Å². The summed E-state index contributed by atoms with van der Waals surface area (Å²) < 4.78 is 84.7. The van der Waals surface area contributed by atoms with Crippen molar-refractivity contribution in [2.45, 2.75) is 273 Å². The van der Waals surface area contributed by atoms with Crippen LogP contribution < -0.4 is 28.4 Å². The molecule has 0 aliphatic rings. The summed E-state index contributed by atoms with van der Waals surface area (Å²) in [4.78, 5) is 0. The molecule has 548 valence electrons. The van der Waals surface area contributed by atoms with Crippen LogP contribution >= 0.6 is 60.7 Å². The van der Waals surface area contributed by atoms with Crippen molar-refractivity contribution in [3.8, 4) is 34.5 Å². The van der Waals surface area contributed by atoms with Crippen molar-refractivity contribution in [3.63, 3.8) is 0 Å². The van der Waals surface area contributed by atoms with Crippen LogP contribution in [0.15, 0.2) is 146 Å². The normalized spacial score (nSPS) is 12.0. The van der Waals surface area contributed by atoms with Crippen LogP contribution in [0.1, 0.15) is 273 Å². The van der Waals surface area contributed by atoms with Crippen molar-refractivity contribution in [2.24, 2.45) is 0 Å². The first kappa shape index (κ1) is 83.8. The van der Waals surface area contributed by atoms with E-state index in [1.807, 2.05) is 0 Å². The molecule has 6 aromatic carbocycles. The molecule has 0 unspecified atom stereocenters. The number of benzene rings is 6. The summed E-state index contributed by atoms with van der Waals surface area (Å²) in [5.74, 6) is 4.83. The van der Waals surface area contributed by atoms with Gasteiger partial charge < -0.3 is 0 Å². The molecule has 0 saturated carbocycles. The van der Waals surface area contributed by atoms with Gasteiger partial charge in [-0.15, -0.1) is 0 Å². The van der Waals surface area contributed by atoms with Gasteiger partial charge in [-0.05, 0) is 0 Å². The number of hydrogen-bond donors (Lipinski definition) is 0. The first-order chi connectivity index (χ1) is 48.3. The quantitative estimate of drug-likeness (QED) is 0.0208. The molecule has 0 radical (unpaired) electrons. The van der Waals surface area contributed by atoms with Crippen LogP contribution in [0, 0.1) is 21.4 Å². The Bertz CT molecular complexity index is 2430. The molecule has 14 heteroatoms. The molecular weight excluding hydrogens is 1670 g/mol. The monoisotopic (exact) mass is 1800 g/mol. The van der Waals surface area contributed by atoms with Crippen LogP contribution in [-0.4, -0.2) is 59.7 Å². The van der Waals surface area contributed by atoms with Crippen molar-refractivity contribution in [1.82, 2.24) is 0 Å². The molecule has 98 heavy (non-hydrogen) atoms. The van der Waals surface area contributed by atoms with Crippen LogP contribution in [0.5, 0.6) is 34.5 Å². The van der Waals surface area contributed by atoms with Gasteiger partial charge in [-0.3, -0.25) is 0 Å². The van der Waals surface area contributed by atoms with Crippen molar-refractivity contribution in [3.05, 3.63) is 167 Å². The summed E-state index contributed by atoms with van der Waals surface area (Å²) in [7, 11) is 0. The Morgan fingerprint density at radius 2 is 0.337 bits per heavy atom. The Labute approximate surface area is 623 Å². The number of unbranched alkanes of at least 4 members (excludes halogenated alkanes) is 30. The molecule has 6 aromatic rings. The molecule has 0 fully saturated rings. The van der Waals surface area contributed by atoms with Gasteiger partial charge in [0.05, 0.1) is 0 Å². The average molecular weight is 1800 g/mol. The van der Waals surface area contributed by atoms with Crippen LogP contribution in [0.4, 0.5) is 0 Å². The minimum absolute atomic E-state index is 0.655. The Balaban J connectivity index is 1.44. The first-order valence-corrected chi connectivity index (χ1v) is 51.7. The minimum atomic E-state index is -6.08. The molecule has 0 aromatic heterocycles. The standard InChI is InChI=1S/3C28H42IO3.O.Sb/c3*1-3-5-7-9-11-13-23-31-27-19-15-25(16-20-27)29(30)26-17-21-28(22-18-26)32-24-14-12-10-8-6-4-2;;/h3*15-22H,3-14,23-24H2,1-2H3;;/q3*-1;;+3. The first-order valence-electron chi connectivity index (χ1n) is 38.5. The third kappa shape index (κ3) is 34.9. The zero-order chi connectivity index (χ0) is 69.2. The number of rotatable bonds is 60. The van der Waals surface area contributed by atoms with Gasteiger partial charge in [-0.1, -0.05) is 41.5 Å². The molecule has 0 spiro atoms. The van der Waals surface area contributed by atoms with E-state index in [0.717, 1.165) is 133 Å². The Kier molecular flexibility index (Phi) is 45.8. The molecule has 0 N–H and O–H groups in total. The van der Waals surface area contributed by atoms with Gasteiger partial charge in [0, 0.05) is 0 Å². The second kappa shape index (κ2) is 53.6. The average Bonchev–Trinajstić information content (AvgIpc) is 0.789. The summed E-state index contributed by atoms with van der Waals surface area (Å²) in [5, 5.41) is 0. The molecule has 0 aliphatic carbocycles.